The van der Waals surface area contributed by atoms with E-state index in [2.05, 4.69) is 4.52 Å². The average molecular weight is 472 g/mol. The summed E-state index contributed by atoms with van der Waals surface area (Å²) in [5, 5.41) is 22.8. The van der Waals surface area contributed by atoms with Crippen LogP contribution in [0.4, 0.5) is 4.39 Å². The van der Waals surface area contributed by atoms with Gasteiger partial charge in [0.2, 0.25) is 0 Å². The number of carbonyl (C=O) groups excluding carboxylic acids is 2. The quantitative estimate of drug-likeness (QED) is 0.456. The van der Waals surface area contributed by atoms with Crippen LogP contribution in [0.3, 0.4) is 0 Å². The first-order chi connectivity index (χ1) is 14.6. The second-order valence-corrected chi connectivity index (χ2v) is 11.6. The zero-order valence-corrected chi connectivity index (χ0v) is 19.2. The summed E-state index contributed by atoms with van der Waals surface area (Å²) < 4.78 is 32.5. The Kier molecular flexibility index (Phi) is 5.34. The molecule has 8 atom stereocenters. The van der Waals surface area contributed by atoms with Gasteiger partial charge in [0.15, 0.2) is 17.2 Å². The Balaban J connectivity index is 1.74. The number of fused-ring (bicyclic) bond motifs is 5. The van der Waals surface area contributed by atoms with Gasteiger partial charge in [-0.3, -0.25) is 14.1 Å². The summed E-state index contributed by atoms with van der Waals surface area (Å²) in [5.41, 5.74) is -5.88. The molecule has 0 spiro atoms. The van der Waals surface area contributed by atoms with Gasteiger partial charge >= 0.3 is 7.82 Å². The van der Waals surface area contributed by atoms with Crippen molar-refractivity contribution in [1.29, 1.82) is 0 Å². The number of hydrogen-bond acceptors (Lipinski definition) is 6. The molecule has 0 saturated heterocycles. The number of aliphatic hydroxyl groups is 2. The number of allylic oxidation sites excluding steroid dienone is 4. The maximum absolute atomic E-state index is 17.0. The van der Waals surface area contributed by atoms with Gasteiger partial charge in [0, 0.05) is 16.7 Å². The monoisotopic (exact) mass is 472 g/mol. The molecule has 8 nitrogen and oxygen atoms in total. The molecule has 0 aromatic rings. The van der Waals surface area contributed by atoms with Crippen molar-refractivity contribution in [3.05, 3.63) is 23.8 Å². The number of carbonyl (C=O) groups is 2. The average Bonchev–Trinajstić information content (AvgIpc) is 2.89. The summed E-state index contributed by atoms with van der Waals surface area (Å²) in [6.45, 7) is 4.00. The van der Waals surface area contributed by atoms with Gasteiger partial charge < -0.3 is 20.0 Å². The Morgan fingerprint density at radius 2 is 1.97 bits per heavy atom. The largest absolute Gasteiger partial charge is 0.470 e. The highest BCUT2D eigenvalue weighted by molar-refractivity contribution is 7.46. The minimum atomic E-state index is -4.93. The maximum Gasteiger partial charge on any atom is 0.470 e. The van der Waals surface area contributed by atoms with Gasteiger partial charge in [0.05, 0.1) is 6.10 Å². The molecular weight excluding hydrogens is 442 g/mol. The van der Waals surface area contributed by atoms with Gasteiger partial charge in [-0.25, -0.2) is 8.96 Å². The van der Waals surface area contributed by atoms with Crippen molar-refractivity contribution in [2.75, 3.05) is 6.61 Å². The highest BCUT2D eigenvalue weighted by Gasteiger charge is 2.75. The molecule has 0 aromatic heterocycles. The molecule has 0 amide bonds. The van der Waals surface area contributed by atoms with Crippen LogP contribution in [0, 0.1) is 28.6 Å². The molecule has 0 radical (unpaired) electrons. The van der Waals surface area contributed by atoms with E-state index in [0.29, 0.717) is 24.8 Å². The van der Waals surface area contributed by atoms with Crippen molar-refractivity contribution in [2.45, 2.75) is 63.8 Å². The van der Waals surface area contributed by atoms with Crippen LogP contribution in [-0.4, -0.2) is 55.5 Å². The summed E-state index contributed by atoms with van der Waals surface area (Å²) >= 11 is 0. The fraction of sp³-hybridized carbons (Fsp3) is 0.727. The van der Waals surface area contributed by atoms with Crippen molar-refractivity contribution >= 4 is 19.4 Å². The molecule has 10 heteroatoms. The third-order valence-corrected chi connectivity index (χ3v) is 9.48. The van der Waals surface area contributed by atoms with Crippen LogP contribution >= 0.6 is 7.82 Å². The zero-order chi connectivity index (χ0) is 23.9. The predicted octanol–water partition coefficient (Wildman–Crippen LogP) is 2.01. The summed E-state index contributed by atoms with van der Waals surface area (Å²) in [6, 6.07) is 0. The van der Waals surface area contributed by atoms with Crippen molar-refractivity contribution in [3.8, 4) is 0 Å². The first kappa shape index (κ1) is 23.9. The van der Waals surface area contributed by atoms with E-state index < -0.39 is 66.2 Å². The smallest absolute Gasteiger partial charge is 0.390 e. The second kappa shape index (κ2) is 7.14. The SMILES string of the molecule is CC1C[C@H]2[C@@H]3CCC4=CC(=O)C=C[C@]4(C)[C@@]3(F)C(O)C[C@]2(C)[C@@]1(O)C(=O)COP(=O)(O)O. The third-order valence-electron chi connectivity index (χ3n) is 9.01. The minimum Gasteiger partial charge on any atom is -0.390 e. The first-order valence-corrected chi connectivity index (χ1v) is 12.4. The topological polar surface area (TPSA) is 141 Å². The number of phosphoric ester groups is 1. The Morgan fingerprint density at radius 3 is 2.59 bits per heavy atom. The Hall–Kier alpha value is -1.22. The summed E-state index contributed by atoms with van der Waals surface area (Å²) in [7, 11) is -4.93. The van der Waals surface area contributed by atoms with Crippen molar-refractivity contribution in [1.82, 2.24) is 0 Å². The number of Topliss-reactive ketones (excluding diaryl/α,β-unsaturated/α-hetero) is 1. The summed E-state index contributed by atoms with van der Waals surface area (Å²) in [5.74, 6) is -2.87. The van der Waals surface area contributed by atoms with Crippen molar-refractivity contribution in [2.24, 2.45) is 28.6 Å². The molecule has 4 aliphatic carbocycles. The lowest BCUT2D eigenvalue weighted by Crippen LogP contribution is -2.69. The molecule has 0 aromatic carbocycles. The number of hydrogen-bond donors (Lipinski definition) is 4. The third kappa shape index (κ3) is 2.95. The van der Waals surface area contributed by atoms with E-state index in [1.54, 1.807) is 20.8 Å². The highest BCUT2D eigenvalue weighted by atomic mass is 31.2. The van der Waals surface area contributed by atoms with Crippen molar-refractivity contribution < 1.29 is 43.1 Å². The van der Waals surface area contributed by atoms with Crippen LogP contribution in [0.25, 0.3) is 0 Å². The number of halogens is 1. The molecule has 0 bridgehead atoms. The Morgan fingerprint density at radius 1 is 1.31 bits per heavy atom. The lowest BCUT2D eigenvalue weighted by atomic mass is 9.44. The standard InChI is InChI=1S/C22H30FO8P/c1-12-8-16-15-5-4-13-9-14(24)6-7-19(13,2)21(15,23)17(25)10-20(16,3)22(12,27)18(26)11-31-32(28,29)30/h6-7,9,12,15-17,25,27H,4-5,8,10-11H2,1-3H3,(H2,28,29,30)/t12?,15-,16-,17?,19-,20-,21-,22-/m0/s1. The number of ketones is 2. The van der Waals surface area contributed by atoms with E-state index in [4.69, 9.17) is 9.79 Å². The van der Waals surface area contributed by atoms with E-state index >= 15 is 4.39 Å². The number of phosphoric acid groups is 1. The van der Waals surface area contributed by atoms with Gasteiger partial charge in [-0.15, -0.1) is 0 Å². The van der Waals surface area contributed by atoms with E-state index in [1.807, 2.05) is 0 Å². The maximum atomic E-state index is 17.0. The van der Waals surface area contributed by atoms with E-state index in [1.165, 1.54) is 18.2 Å². The Bertz CT molecular complexity index is 973. The molecular formula is C22H30FO8P. The Labute approximate surface area is 185 Å². The van der Waals surface area contributed by atoms with Crippen LogP contribution < -0.4 is 0 Å². The molecule has 0 aliphatic heterocycles. The molecule has 4 aliphatic rings. The lowest BCUT2D eigenvalue weighted by molar-refractivity contribution is -0.219. The minimum absolute atomic E-state index is 0.211. The molecule has 4 N–H and O–H groups in total. The lowest BCUT2D eigenvalue weighted by Gasteiger charge is -2.62. The van der Waals surface area contributed by atoms with Crippen LogP contribution in [0.2, 0.25) is 0 Å². The second-order valence-electron chi connectivity index (χ2n) is 10.4. The van der Waals surface area contributed by atoms with E-state index in [9.17, 15) is 24.4 Å². The molecule has 2 unspecified atom stereocenters. The van der Waals surface area contributed by atoms with Crippen LogP contribution in [-0.2, 0) is 18.7 Å². The summed E-state index contributed by atoms with van der Waals surface area (Å²) in [6.07, 6.45) is 3.70. The number of alkyl halides is 1. The van der Waals surface area contributed by atoms with Gasteiger partial charge in [0.1, 0.15) is 12.2 Å². The predicted molar refractivity (Wildman–Crippen MR) is 111 cm³/mol. The molecule has 178 valence electrons. The van der Waals surface area contributed by atoms with Gasteiger partial charge in [-0.2, -0.15) is 0 Å². The fourth-order valence-electron chi connectivity index (χ4n) is 7.39. The number of rotatable bonds is 4. The highest BCUT2D eigenvalue weighted by Crippen LogP contribution is 2.70. The van der Waals surface area contributed by atoms with Crippen molar-refractivity contribution in [3.63, 3.8) is 0 Å². The van der Waals surface area contributed by atoms with Crippen LogP contribution in [0.1, 0.15) is 46.5 Å². The van der Waals surface area contributed by atoms with Crippen LogP contribution in [0.5, 0.6) is 0 Å². The molecule has 32 heavy (non-hydrogen) atoms. The molecule has 4 rings (SSSR count). The molecule has 0 heterocycles. The van der Waals surface area contributed by atoms with E-state index in [0.717, 1.165) is 0 Å². The number of aliphatic hydroxyl groups excluding tert-OH is 1. The zero-order valence-electron chi connectivity index (χ0n) is 18.3. The molecule has 3 saturated carbocycles. The summed E-state index contributed by atoms with van der Waals surface area (Å²) in [4.78, 5) is 42.8. The van der Waals surface area contributed by atoms with Gasteiger partial charge in [0.25, 0.3) is 0 Å². The van der Waals surface area contributed by atoms with E-state index in [-0.39, 0.29) is 12.2 Å². The van der Waals surface area contributed by atoms with Crippen LogP contribution in [0.15, 0.2) is 23.8 Å². The first-order valence-electron chi connectivity index (χ1n) is 10.9. The molecule has 3 fully saturated rings. The van der Waals surface area contributed by atoms with Gasteiger partial charge in [-0.1, -0.05) is 25.5 Å². The van der Waals surface area contributed by atoms with Gasteiger partial charge in [-0.05, 0) is 56.6 Å². The fourth-order valence-corrected chi connectivity index (χ4v) is 7.68. The normalized spacial score (nSPS) is 48.0.